The Labute approximate surface area is 447 Å². The van der Waals surface area contributed by atoms with E-state index in [1.807, 2.05) is 0 Å². The normalized spacial score (nSPS) is 11.8. The lowest BCUT2D eigenvalue weighted by Crippen LogP contribution is -1.93. The molecular formula is C72H42N6. The third-order valence-electron chi connectivity index (χ3n) is 15.9. The van der Waals surface area contributed by atoms with E-state index in [1.54, 1.807) is 37.2 Å². The van der Waals surface area contributed by atoms with E-state index in [-0.39, 0.29) is 0 Å². The summed E-state index contributed by atoms with van der Waals surface area (Å²) >= 11 is 0. The first kappa shape index (κ1) is 43.8. The molecule has 0 saturated carbocycles. The highest BCUT2D eigenvalue weighted by atomic mass is 14.8. The number of hydrogen-bond acceptors (Lipinski definition) is 6. The van der Waals surface area contributed by atoms with Crippen molar-refractivity contribution in [1.82, 2.24) is 29.9 Å². The van der Waals surface area contributed by atoms with E-state index >= 15 is 0 Å². The van der Waals surface area contributed by atoms with Gasteiger partial charge in [-0.2, -0.15) is 0 Å². The van der Waals surface area contributed by atoms with Gasteiger partial charge in [0.2, 0.25) is 0 Å². The Bertz CT molecular complexity index is 4550. The van der Waals surface area contributed by atoms with Crippen LogP contribution in [0.2, 0.25) is 0 Å². The van der Waals surface area contributed by atoms with Gasteiger partial charge in [0.1, 0.15) is 0 Å². The summed E-state index contributed by atoms with van der Waals surface area (Å²) in [6, 6.07) is 79.8. The van der Waals surface area contributed by atoms with Crippen LogP contribution >= 0.6 is 0 Å². The highest BCUT2D eigenvalue weighted by Crippen LogP contribution is 2.45. The van der Waals surface area contributed by atoms with Crippen LogP contribution in [0.4, 0.5) is 0 Å². The number of nitrogens with zero attached hydrogens (tertiary/aromatic N) is 6. The predicted molar refractivity (Wildman–Crippen MR) is 323 cm³/mol. The van der Waals surface area contributed by atoms with Crippen molar-refractivity contribution in [3.05, 3.63) is 256 Å². The van der Waals surface area contributed by atoms with Gasteiger partial charge in [-0.1, -0.05) is 182 Å². The minimum atomic E-state index is 0.906. The molecule has 16 rings (SSSR count). The van der Waals surface area contributed by atoms with E-state index in [9.17, 15) is 0 Å². The first-order valence-corrected chi connectivity index (χ1v) is 26.3. The standard InChI is InChI=1S/C72H42N6/c1-4-16-52(49(13-1)43-25-28-61-64(40-43)55-19-7-10-22-58(55)67-70(61)76-34-31-73-67)46-37-47(53-17-5-2-14-50(53)44-26-29-62-65(41-44)56-20-8-11-23-59(56)68-71(62)77-35-32-74-68)39-48(38-46)54-18-6-3-15-51(54)45-27-30-63-66(42-45)57-21-9-12-24-60(57)69-72(63)78-36-33-75-69/h1-42H. The van der Waals surface area contributed by atoms with Crippen molar-refractivity contribution in [2.45, 2.75) is 0 Å². The zero-order chi connectivity index (χ0) is 51.3. The monoisotopic (exact) mass is 990 g/mol. The highest BCUT2D eigenvalue weighted by molar-refractivity contribution is 6.26. The third kappa shape index (κ3) is 6.83. The summed E-state index contributed by atoms with van der Waals surface area (Å²) in [5.74, 6) is 0. The van der Waals surface area contributed by atoms with Crippen molar-refractivity contribution in [3.8, 4) is 66.8 Å². The number of rotatable bonds is 6. The molecule has 0 spiro atoms. The second-order valence-electron chi connectivity index (χ2n) is 20.1. The smallest absolute Gasteiger partial charge is 0.0971 e. The molecule has 6 nitrogen and oxygen atoms in total. The second-order valence-corrected chi connectivity index (χ2v) is 20.1. The number of aromatic nitrogens is 6. The number of benzene rings is 13. The van der Waals surface area contributed by atoms with E-state index in [2.05, 4.69) is 218 Å². The van der Waals surface area contributed by atoms with Crippen LogP contribution in [0.25, 0.3) is 164 Å². The third-order valence-corrected chi connectivity index (χ3v) is 15.9. The molecule has 13 aromatic carbocycles. The quantitative estimate of drug-likeness (QED) is 0.155. The van der Waals surface area contributed by atoms with Gasteiger partial charge in [0.05, 0.1) is 33.1 Å². The largest absolute Gasteiger partial charge is 0.252 e. The molecule has 6 heteroatoms. The van der Waals surface area contributed by atoms with Crippen molar-refractivity contribution < 1.29 is 0 Å². The molecule has 0 bridgehead atoms. The van der Waals surface area contributed by atoms with Gasteiger partial charge in [-0.25, -0.2) is 0 Å². The fourth-order valence-corrected chi connectivity index (χ4v) is 12.4. The molecular weight excluding hydrogens is 949 g/mol. The lowest BCUT2D eigenvalue weighted by Gasteiger charge is -2.19. The van der Waals surface area contributed by atoms with Crippen molar-refractivity contribution in [2.24, 2.45) is 0 Å². The van der Waals surface area contributed by atoms with Crippen molar-refractivity contribution in [2.75, 3.05) is 0 Å². The van der Waals surface area contributed by atoms with E-state index in [4.69, 9.17) is 29.9 Å². The fraction of sp³-hybridized carbons (Fsp3) is 0. The fourth-order valence-electron chi connectivity index (χ4n) is 12.4. The predicted octanol–water partition coefficient (Wildman–Crippen LogP) is 18.4. The SMILES string of the molecule is c1ccc(-c2ccc3c(c2)c2ccccc2c2nccnc32)c(-c2cc(-c3ccccc3-c3ccc4c(c3)c3ccccc3c3nccnc43)cc(-c3ccccc3-c3ccc4c(c3)c3ccccc3c3nccnc43)c2)c1. The molecule has 0 saturated heterocycles. The first-order valence-electron chi connectivity index (χ1n) is 26.3. The van der Waals surface area contributed by atoms with Crippen LogP contribution in [0.1, 0.15) is 0 Å². The summed E-state index contributed by atoms with van der Waals surface area (Å²) in [7, 11) is 0. The molecule has 16 aromatic rings. The Morgan fingerprint density at radius 1 is 0.154 bits per heavy atom. The van der Waals surface area contributed by atoms with Crippen LogP contribution in [0.3, 0.4) is 0 Å². The van der Waals surface area contributed by atoms with Crippen LogP contribution in [0.15, 0.2) is 256 Å². The van der Waals surface area contributed by atoms with Crippen LogP contribution in [-0.4, -0.2) is 29.9 Å². The lowest BCUT2D eigenvalue weighted by atomic mass is 9.85. The molecule has 0 unspecified atom stereocenters. The Balaban J connectivity index is 0.925. The van der Waals surface area contributed by atoms with Gasteiger partial charge in [-0.05, 0) is 135 Å². The van der Waals surface area contributed by atoms with Crippen LogP contribution in [-0.2, 0) is 0 Å². The zero-order valence-electron chi connectivity index (χ0n) is 41.9. The molecule has 0 amide bonds. The summed E-state index contributed by atoms with van der Waals surface area (Å²) in [6.07, 6.45) is 10.7. The Morgan fingerprint density at radius 2 is 0.359 bits per heavy atom. The number of fused-ring (bicyclic) bond motifs is 18. The van der Waals surface area contributed by atoms with Gasteiger partial charge in [0, 0.05) is 69.5 Å². The van der Waals surface area contributed by atoms with Gasteiger partial charge >= 0.3 is 0 Å². The van der Waals surface area contributed by atoms with Gasteiger partial charge in [0.15, 0.2) is 0 Å². The average molecular weight is 991 g/mol. The topological polar surface area (TPSA) is 77.3 Å². The van der Waals surface area contributed by atoms with Crippen molar-refractivity contribution in [1.29, 1.82) is 0 Å². The highest BCUT2D eigenvalue weighted by Gasteiger charge is 2.20. The van der Waals surface area contributed by atoms with Crippen LogP contribution in [0.5, 0.6) is 0 Å². The molecule has 0 atom stereocenters. The molecule has 0 radical (unpaired) electrons. The molecule has 0 fully saturated rings. The Hall–Kier alpha value is -10.6. The summed E-state index contributed by atoms with van der Waals surface area (Å²) in [5, 5.41) is 13.4. The molecule has 0 N–H and O–H groups in total. The van der Waals surface area contributed by atoms with Gasteiger partial charge in [-0.15, -0.1) is 0 Å². The zero-order valence-corrected chi connectivity index (χ0v) is 41.9. The van der Waals surface area contributed by atoms with Gasteiger partial charge in [-0.3, -0.25) is 29.9 Å². The molecule has 0 aliphatic carbocycles. The van der Waals surface area contributed by atoms with Crippen LogP contribution < -0.4 is 0 Å². The molecule has 0 aliphatic rings. The van der Waals surface area contributed by atoms with Crippen molar-refractivity contribution in [3.63, 3.8) is 0 Å². The number of hydrogen-bond donors (Lipinski definition) is 0. The molecule has 3 aromatic heterocycles. The summed E-state index contributed by atoms with van der Waals surface area (Å²) in [6.45, 7) is 0. The average Bonchev–Trinajstić information content (AvgIpc) is 3.72. The minimum Gasteiger partial charge on any atom is -0.252 e. The van der Waals surface area contributed by atoms with E-state index < -0.39 is 0 Å². The van der Waals surface area contributed by atoms with E-state index in [0.717, 1.165) is 164 Å². The first-order chi connectivity index (χ1) is 38.7. The summed E-state index contributed by atoms with van der Waals surface area (Å²) < 4.78 is 0. The molecule has 3 heterocycles. The summed E-state index contributed by atoms with van der Waals surface area (Å²) in [5.41, 5.74) is 19.0. The maximum Gasteiger partial charge on any atom is 0.0971 e. The maximum atomic E-state index is 4.87. The second kappa shape index (κ2) is 17.5. The van der Waals surface area contributed by atoms with Gasteiger partial charge in [0.25, 0.3) is 0 Å². The van der Waals surface area contributed by atoms with E-state index in [1.165, 1.54) is 0 Å². The molecule has 78 heavy (non-hydrogen) atoms. The lowest BCUT2D eigenvalue weighted by molar-refractivity contribution is 1.31. The Morgan fingerprint density at radius 3 is 0.615 bits per heavy atom. The minimum absolute atomic E-state index is 0.906. The Kier molecular flexibility index (Phi) is 9.84. The van der Waals surface area contributed by atoms with Gasteiger partial charge < -0.3 is 0 Å². The van der Waals surface area contributed by atoms with Crippen molar-refractivity contribution >= 4 is 97.7 Å². The summed E-state index contributed by atoms with van der Waals surface area (Å²) in [4.78, 5) is 29.0. The van der Waals surface area contributed by atoms with Crippen LogP contribution in [0, 0.1) is 0 Å². The molecule has 360 valence electrons. The molecule has 0 aliphatic heterocycles. The maximum absolute atomic E-state index is 4.87. The van der Waals surface area contributed by atoms with E-state index in [0.29, 0.717) is 0 Å².